The number of carbonyl (C=O) groups excluding carboxylic acids is 10. The Morgan fingerprint density at radius 3 is 1.03 bits per heavy atom. The number of ether oxygens (including phenoxy) is 18. The highest BCUT2D eigenvalue weighted by Gasteiger charge is 2.60. The van der Waals surface area contributed by atoms with Crippen molar-refractivity contribution < 1.29 is 133 Å². The molecule has 5 aromatic carbocycles. The molecule has 100 heavy (non-hydrogen) atoms. The minimum Gasteiger partial charge on any atom is -0.463 e. The number of hydrogen-bond acceptors (Lipinski definition) is 29. The molecule has 15 atom stereocenters. The number of benzene rings is 5. The van der Waals surface area contributed by atoms with E-state index >= 15 is 0 Å². The minimum absolute atomic E-state index is 0.0165. The minimum atomic E-state index is -2.25. The van der Waals surface area contributed by atoms with Crippen molar-refractivity contribution in [3.8, 4) is 0 Å². The van der Waals surface area contributed by atoms with Gasteiger partial charge in [-0.3, -0.25) is 24.0 Å². The molecule has 8 rings (SSSR count). The van der Waals surface area contributed by atoms with E-state index in [1.165, 1.54) is 97.1 Å². The van der Waals surface area contributed by atoms with Crippen LogP contribution < -0.4 is 0 Å². The van der Waals surface area contributed by atoms with Gasteiger partial charge in [0.05, 0.1) is 60.9 Å². The van der Waals surface area contributed by atoms with Crippen LogP contribution >= 0.6 is 0 Å². The molecule has 0 radical (unpaired) electrons. The number of esters is 10. The fourth-order valence-electron chi connectivity index (χ4n) is 10.5. The van der Waals surface area contributed by atoms with Crippen LogP contribution in [0.15, 0.2) is 157 Å². The highest BCUT2D eigenvalue weighted by Crippen LogP contribution is 2.39. The van der Waals surface area contributed by atoms with E-state index in [-0.39, 0.29) is 67.4 Å². The summed E-state index contributed by atoms with van der Waals surface area (Å²) in [7, 11) is 0. The Hall–Kier alpha value is -10.2. The average molecular weight is 1390 g/mol. The SMILES string of the molecule is CC(=O)OC[C@H]1O[C@H](O[C@@H]2[C@H](OC(=O)c3ccccc3)[C@@H](OC(=O)c3ccccc3)[C@H](O[C@H]3[C@H](OC(=O)c4ccccc4)[C@@H](OC(=O)c4ccccc4)[C@H](OCCOCCOCCN=[N+]=[N-])O[C@@H]3COC(=O)c3ccccc3)O[C@@H]2COC(C)=O)[C@H](OC(C)=O)[C@@H](OC(C)=O)[C@H]1OC(C)=O. The predicted octanol–water partition coefficient (Wildman–Crippen LogP) is 5.97. The fourth-order valence-corrected chi connectivity index (χ4v) is 10.5. The van der Waals surface area contributed by atoms with Crippen LogP contribution in [0.3, 0.4) is 0 Å². The molecule has 0 spiro atoms. The van der Waals surface area contributed by atoms with Gasteiger partial charge in [0.1, 0.15) is 50.3 Å². The highest BCUT2D eigenvalue weighted by molar-refractivity contribution is 5.92. The maximum absolute atomic E-state index is 14.9. The molecule has 31 nitrogen and oxygen atoms in total. The van der Waals surface area contributed by atoms with E-state index in [0.29, 0.717) is 0 Å². The Kier molecular flexibility index (Phi) is 28.9. The number of azide groups is 1. The first-order valence-corrected chi connectivity index (χ1v) is 31.4. The molecule has 3 saturated heterocycles. The summed E-state index contributed by atoms with van der Waals surface area (Å²) in [4.78, 5) is 141. The molecule has 0 bridgehead atoms. The van der Waals surface area contributed by atoms with Gasteiger partial charge in [0.25, 0.3) is 0 Å². The molecular weight excluding hydrogens is 1320 g/mol. The van der Waals surface area contributed by atoms with Crippen LogP contribution in [0, 0.1) is 0 Å². The highest BCUT2D eigenvalue weighted by atomic mass is 16.8. The fraction of sp³-hybridized carbons (Fsp3) is 0.420. The third kappa shape index (κ3) is 22.1. The monoisotopic (exact) mass is 1390 g/mol. The topological polar surface area (TPSA) is 386 Å². The Bertz CT molecular complexity index is 3590. The quantitative estimate of drug-likeness (QED) is 0.0119. The summed E-state index contributed by atoms with van der Waals surface area (Å²) in [6, 6.07) is 37.5. The lowest BCUT2D eigenvalue weighted by molar-refractivity contribution is -0.377. The summed E-state index contributed by atoms with van der Waals surface area (Å²) in [5.41, 5.74) is 8.38. The first-order chi connectivity index (χ1) is 48.3. The summed E-state index contributed by atoms with van der Waals surface area (Å²) >= 11 is 0. The van der Waals surface area contributed by atoms with Gasteiger partial charge in [0.15, 0.2) is 61.6 Å². The van der Waals surface area contributed by atoms with E-state index in [1.807, 2.05) is 0 Å². The van der Waals surface area contributed by atoms with Gasteiger partial charge in [-0.2, -0.15) is 0 Å². The predicted molar refractivity (Wildman–Crippen MR) is 337 cm³/mol. The van der Waals surface area contributed by atoms with E-state index in [1.54, 1.807) is 54.6 Å². The van der Waals surface area contributed by atoms with Crippen molar-refractivity contribution in [1.82, 2.24) is 0 Å². The molecule has 3 fully saturated rings. The van der Waals surface area contributed by atoms with Gasteiger partial charge < -0.3 is 85.3 Å². The van der Waals surface area contributed by atoms with Crippen molar-refractivity contribution in [1.29, 1.82) is 0 Å². The molecule has 31 heteroatoms. The molecule has 0 N–H and O–H groups in total. The summed E-state index contributed by atoms with van der Waals surface area (Å²) in [6.45, 7) is 2.36. The second kappa shape index (κ2) is 38.2. The molecule has 5 aromatic rings. The van der Waals surface area contributed by atoms with Crippen LogP contribution in [0.5, 0.6) is 0 Å². The van der Waals surface area contributed by atoms with Gasteiger partial charge in [-0.15, -0.1) is 0 Å². The average Bonchev–Trinajstić information content (AvgIpc) is 0.761. The largest absolute Gasteiger partial charge is 0.463 e. The maximum Gasteiger partial charge on any atom is 0.338 e. The van der Waals surface area contributed by atoms with Crippen LogP contribution in [0.25, 0.3) is 10.4 Å². The summed E-state index contributed by atoms with van der Waals surface area (Å²) in [5.74, 6) is -10.1. The molecule has 3 aliphatic heterocycles. The number of rotatable bonds is 32. The Labute approximate surface area is 572 Å². The summed E-state index contributed by atoms with van der Waals surface area (Å²) < 4.78 is 111. The lowest BCUT2D eigenvalue weighted by atomic mass is 9.95. The van der Waals surface area contributed by atoms with Crippen LogP contribution in [0.2, 0.25) is 0 Å². The van der Waals surface area contributed by atoms with Crippen molar-refractivity contribution in [3.63, 3.8) is 0 Å². The van der Waals surface area contributed by atoms with Crippen LogP contribution in [-0.4, -0.2) is 211 Å². The molecule has 0 amide bonds. The van der Waals surface area contributed by atoms with Crippen molar-refractivity contribution in [3.05, 3.63) is 190 Å². The number of carbonyl (C=O) groups is 10. The summed E-state index contributed by atoms with van der Waals surface area (Å²) in [5, 5.41) is 3.43. The van der Waals surface area contributed by atoms with Gasteiger partial charge in [-0.25, -0.2) is 24.0 Å². The zero-order valence-electron chi connectivity index (χ0n) is 54.7. The zero-order valence-corrected chi connectivity index (χ0v) is 54.7. The van der Waals surface area contributed by atoms with Gasteiger partial charge in [0.2, 0.25) is 0 Å². The van der Waals surface area contributed by atoms with Gasteiger partial charge in [0, 0.05) is 46.1 Å². The Balaban J connectivity index is 1.31. The van der Waals surface area contributed by atoms with Crippen LogP contribution in [-0.2, 0) is 109 Å². The lowest BCUT2D eigenvalue weighted by Crippen LogP contribution is -2.69. The van der Waals surface area contributed by atoms with E-state index in [9.17, 15) is 47.9 Å². The third-order valence-electron chi connectivity index (χ3n) is 14.8. The van der Waals surface area contributed by atoms with Crippen molar-refractivity contribution in [2.24, 2.45) is 5.11 Å². The van der Waals surface area contributed by atoms with Crippen LogP contribution in [0.4, 0.5) is 0 Å². The van der Waals surface area contributed by atoms with Gasteiger partial charge in [-0.05, 0) is 66.2 Å². The normalized spacial score (nSPS) is 24.6. The first-order valence-electron chi connectivity index (χ1n) is 31.4. The molecule has 0 aliphatic carbocycles. The standard InChI is InChI=1S/C69H73N3O28/c1-40(73)86-37-50-53(89-42(3)75)56(90-43(4)76)60(91-44(5)77)68(93-50)99-54-51(38-87-41(2)74)94-69(61(98-66(82)49-29-19-10-20-30-49)58(54)96-64(80)47-25-15-8-16-26-47)100-55-52(39-88-62(78)45-21-11-6-12-22-45)92-67(85-36-35-84-34-33-83-32-31-71-72-70)59(97-65(81)48-27-17-9-18-28-48)57(55)95-63(79)46-23-13-7-14-24-46/h6-30,50-61,67-69H,31-39H2,1-5H3/t50-,51-,52-,53+,54+,55-,56+,57+,58+,59-,60-,61-,67-,68-,69+/m1/s1. The van der Waals surface area contributed by atoms with Gasteiger partial charge in [-0.1, -0.05) is 96.1 Å². The van der Waals surface area contributed by atoms with E-state index < -0.39 is 172 Å². The lowest BCUT2D eigenvalue weighted by Gasteiger charge is -2.50. The van der Waals surface area contributed by atoms with E-state index in [0.717, 1.165) is 34.6 Å². The van der Waals surface area contributed by atoms with Gasteiger partial charge >= 0.3 is 59.7 Å². The smallest absolute Gasteiger partial charge is 0.338 e. The molecule has 3 heterocycles. The number of hydrogen-bond donors (Lipinski definition) is 0. The summed E-state index contributed by atoms with van der Waals surface area (Å²) in [6.07, 6.45) is -29.3. The second-order valence-electron chi connectivity index (χ2n) is 22.1. The molecule has 0 saturated carbocycles. The molecule has 0 unspecified atom stereocenters. The Morgan fingerprint density at radius 1 is 0.340 bits per heavy atom. The van der Waals surface area contributed by atoms with Crippen molar-refractivity contribution in [2.45, 2.75) is 127 Å². The first kappa shape index (κ1) is 75.6. The molecule has 0 aromatic heterocycles. The van der Waals surface area contributed by atoms with Crippen molar-refractivity contribution >= 4 is 59.7 Å². The third-order valence-corrected chi connectivity index (χ3v) is 14.8. The molecular formula is C69H73N3O28. The zero-order chi connectivity index (χ0) is 71.5. The van der Waals surface area contributed by atoms with E-state index in [4.69, 9.17) is 90.8 Å². The van der Waals surface area contributed by atoms with Crippen LogP contribution in [0.1, 0.15) is 86.4 Å². The Morgan fingerprint density at radius 2 is 0.640 bits per heavy atom. The second-order valence-corrected chi connectivity index (χ2v) is 22.1. The number of nitrogens with zero attached hydrogens (tertiary/aromatic N) is 3. The molecule has 532 valence electrons. The molecule has 3 aliphatic rings. The van der Waals surface area contributed by atoms with E-state index in [2.05, 4.69) is 10.0 Å². The van der Waals surface area contributed by atoms with Crippen molar-refractivity contribution in [2.75, 3.05) is 59.4 Å². The maximum atomic E-state index is 14.9.